The lowest BCUT2D eigenvalue weighted by molar-refractivity contribution is -0.122. The summed E-state index contributed by atoms with van der Waals surface area (Å²) in [6.07, 6.45) is 5.74. The largest absolute Gasteiger partial charge is 0.354 e. The molecule has 0 aromatic carbocycles. The predicted molar refractivity (Wildman–Crippen MR) is 82.4 cm³/mol. The Labute approximate surface area is 127 Å². The van der Waals surface area contributed by atoms with Crippen LogP contribution in [-0.2, 0) is 14.8 Å². The van der Waals surface area contributed by atoms with Gasteiger partial charge in [-0.05, 0) is 39.0 Å². The highest BCUT2D eigenvalue weighted by Gasteiger charge is 2.38. The highest BCUT2D eigenvalue weighted by atomic mass is 32.2. The van der Waals surface area contributed by atoms with E-state index in [2.05, 4.69) is 15.4 Å². The van der Waals surface area contributed by atoms with Gasteiger partial charge in [0, 0.05) is 18.6 Å². The number of carbonyl (C=O) groups is 1. The van der Waals surface area contributed by atoms with E-state index < -0.39 is 10.0 Å². The van der Waals surface area contributed by atoms with E-state index >= 15 is 0 Å². The highest BCUT2D eigenvalue weighted by molar-refractivity contribution is 7.89. The molecule has 1 saturated heterocycles. The first-order chi connectivity index (χ1) is 9.87. The Hall–Kier alpha value is -0.660. The molecule has 2 rings (SSSR count). The molecule has 6 nitrogen and oxygen atoms in total. The molecule has 3 atom stereocenters. The molecule has 7 heteroatoms. The summed E-state index contributed by atoms with van der Waals surface area (Å²) >= 11 is 0. The Bertz CT molecular complexity index is 450. The van der Waals surface area contributed by atoms with Crippen molar-refractivity contribution in [1.29, 1.82) is 0 Å². The molecule has 1 heterocycles. The summed E-state index contributed by atoms with van der Waals surface area (Å²) in [6.45, 7) is 3.72. The molecular weight excluding hydrogens is 290 g/mol. The summed E-state index contributed by atoms with van der Waals surface area (Å²) < 4.78 is 25.8. The second kappa shape index (κ2) is 7.07. The molecule has 3 N–H and O–H groups in total. The first-order valence-electron chi connectivity index (χ1n) is 7.91. The number of nitrogens with one attached hydrogen (secondary N) is 3. The molecule has 122 valence electrons. The first kappa shape index (κ1) is 16.7. The number of amides is 1. The van der Waals surface area contributed by atoms with Crippen LogP contribution >= 0.6 is 0 Å². The summed E-state index contributed by atoms with van der Waals surface area (Å²) in [5.41, 5.74) is 0. The molecular formula is C14H27N3O3S. The molecule has 21 heavy (non-hydrogen) atoms. The van der Waals surface area contributed by atoms with Gasteiger partial charge in [0.2, 0.25) is 15.9 Å². The molecule has 0 aromatic rings. The summed E-state index contributed by atoms with van der Waals surface area (Å²) in [5.74, 6) is 0.473. The topological polar surface area (TPSA) is 87.3 Å². The van der Waals surface area contributed by atoms with Gasteiger partial charge in [0.05, 0.1) is 11.8 Å². The summed E-state index contributed by atoms with van der Waals surface area (Å²) in [6, 6.07) is 0.199. The maximum Gasteiger partial charge on any atom is 0.237 e. The van der Waals surface area contributed by atoms with Crippen molar-refractivity contribution in [3.05, 3.63) is 0 Å². The normalized spacial score (nSPS) is 29.4. The van der Waals surface area contributed by atoms with Crippen LogP contribution in [0.4, 0.5) is 0 Å². The number of carbonyl (C=O) groups excluding carboxylic acids is 1. The van der Waals surface area contributed by atoms with E-state index in [0.717, 1.165) is 12.8 Å². The van der Waals surface area contributed by atoms with Crippen LogP contribution in [0.25, 0.3) is 0 Å². The van der Waals surface area contributed by atoms with Gasteiger partial charge in [-0.25, -0.2) is 13.1 Å². The van der Waals surface area contributed by atoms with Crippen LogP contribution in [0.5, 0.6) is 0 Å². The molecule has 0 bridgehead atoms. The van der Waals surface area contributed by atoms with Crippen molar-refractivity contribution in [3.63, 3.8) is 0 Å². The smallest absolute Gasteiger partial charge is 0.237 e. The minimum atomic E-state index is -3.31. The van der Waals surface area contributed by atoms with E-state index in [4.69, 9.17) is 0 Å². The molecule has 1 amide bonds. The van der Waals surface area contributed by atoms with E-state index in [1.165, 1.54) is 19.3 Å². The van der Waals surface area contributed by atoms with Crippen molar-refractivity contribution < 1.29 is 13.2 Å². The zero-order valence-corrected chi connectivity index (χ0v) is 13.7. The van der Waals surface area contributed by atoms with Gasteiger partial charge in [-0.15, -0.1) is 0 Å². The fourth-order valence-corrected chi connectivity index (χ4v) is 4.58. The maximum atomic E-state index is 12.1. The number of fused-ring (bicyclic) bond motifs is 1. The summed E-state index contributed by atoms with van der Waals surface area (Å²) in [4.78, 5) is 12.1. The van der Waals surface area contributed by atoms with Crippen LogP contribution in [0, 0.1) is 5.92 Å². The summed E-state index contributed by atoms with van der Waals surface area (Å²) in [7, 11) is -3.31. The van der Waals surface area contributed by atoms with E-state index in [9.17, 15) is 13.2 Å². The third-order valence-electron chi connectivity index (χ3n) is 4.26. The molecule has 1 aliphatic carbocycles. The van der Waals surface area contributed by atoms with E-state index in [0.29, 0.717) is 12.0 Å². The average Bonchev–Trinajstić information content (AvgIpc) is 2.80. The van der Waals surface area contributed by atoms with Crippen LogP contribution in [0.1, 0.15) is 46.0 Å². The van der Waals surface area contributed by atoms with Crippen LogP contribution in [0.2, 0.25) is 0 Å². The molecule has 0 aromatic heterocycles. The van der Waals surface area contributed by atoms with Gasteiger partial charge in [-0.2, -0.15) is 0 Å². The number of sulfonamides is 1. The van der Waals surface area contributed by atoms with E-state index in [-0.39, 0.29) is 30.3 Å². The lowest BCUT2D eigenvalue weighted by Gasteiger charge is -2.24. The number of rotatable bonds is 6. The molecule has 1 saturated carbocycles. The van der Waals surface area contributed by atoms with Crippen molar-refractivity contribution in [2.45, 2.75) is 64.1 Å². The van der Waals surface area contributed by atoms with Crippen molar-refractivity contribution in [2.24, 2.45) is 5.92 Å². The fraction of sp³-hybridized carbons (Fsp3) is 0.929. The van der Waals surface area contributed by atoms with Crippen molar-refractivity contribution in [2.75, 3.05) is 12.3 Å². The third-order valence-corrected chi connectivity index (χ3v) is 5.84. The lowest BCUT2D eigenvalue weighted by atomic mass is 9.85. The summed E-state index contributed by atoms with van der Waals surface area (Å²) in [5, 5.41) is 6.14. The molecule has 0 radical (unpaired) electrons. The Balaban J connectivity index is 1.73. The lowest BCUT2D eigenvalue weighted by Crippen LogP contribution is -2.45. The molecule has 2 fully saturated rings. The average molecular weight is 317 g/mol. The second-order valence-electron chi connectivity index (χ2n) is 6.49. The van der Waals surface area contributed by atoms with Gasteiger partial charge >= 0.3 is 0 Å². The maximum absolute atomic E-state index is 12.1. The van der Waals surface area contributed by atoms with Crippen molar-refractivity contribution in [3.8, 4) is 0 Å². The van der Waals surface area contributed by atoms with Gasteiger partial charge in [-0.3, -0.25) is 4.79 Å². The van der Waals surface area contributed by atoms with Gasteiger partial charge in [0.1, 0.15) is 0 Å². The number of hydrogen-bond acceptors (Lipinski definition) is 4. The molecule has 0 spiro atoms. The number of hydrogen-bond donors (Lipinski definition) is 3. The first-order valence-corrected chi connectivity index (χ1v) is 9.56. The van der Waals surface area contributed by atoms with Crippen molar-refractivity contribution >= 4 is 15.9 Å². The van der Waals surface area contributed by atoms with Crippen LogP contribution in [0.15, 0.2) is 0 Å². The molecule has 3 unspecified atom stereocenters. The minimum absolute atomic E-state index is 0.0656. The quantitative estimate of drug-likeness (QED) is 0.660. The SMILES string of the molecule is CC(C)NS(=O)(=O)CCNC(=O)C1CC2CCCCC2N1. The molecule has 2 aliphatic rings. The van der Waals surface area contributed by atoms with Gasteiger partial charge < -0.3 is 10.6 Å². The zero-order valence-electron chi connectivity index (χ0n) is 12.9. The highest BCUT2D eigenvalue weighted by Crippen LogP contribution is 2.33. The monoisotopic (exact) mass is 317 g/mol. The van der Waals surface area contributed by atoms with Gasteiger partial charge in [-0.1, -0.05) is 12.8 Å². The predicted octanol–water partition coefficient (Wildman–Crippen LogP) is 0.351. The minimum Gasteiger partial charge on any atom is -0.354 e. The van der Waals surface area contributed by atoms with Gasteiger partial charge in [0.25, 0.3) is 0 Å². The van der Waals surface area contributed by atoms with Gasteiger partial charge in [0.15, 0.2) is 0 Å². The van der Waals surface area contributed by atoms with Crippen LogP contribution in [-0.4, -0.2) is 44.7 Å². The van der Waals surface area contributed by atoms with E-state index in [1.54, 1.807) is 13.8 Å². The third kappa shape index (κ3) is 4.93. The van der Waals surface area contributed by atoms with Crippen LogP contribution in [0.3, 0.4) is 0 Å². The standard InChI is InChI=1S/C14H27N3O3S/c1-10(2)17-21(19,20)8-7-15-14(18)13-9-11-5-3-4-6-12(11)16-13/h10-13,16-17H,3-9H2,1-2H3,(H,15,18). The Morgan fingerprint density at radius 2 is 2.00 bits per heavy atom. The molecule has 1 aliphatic heterocycles. The van der Waals surface area contributed by atoms with Crippen molar-refractivity contribution in [1.82, 2.24) is 15.4 Å². The Morgan fingerprint density at radius 3 is 2.67 bits per heavy atom. The Morgan fingerprint density at radius 1 is 1.29 bits per heavy atom. The fourth-order valence-electron chi connectivity index (χ4n) is 3.37. The van der Waals surface area contributed by atoms with E-state index in [1.807, 2.05) is 0 Å². The second-order valence-corrected chi connectivity index (χ2v) is 8.36. The Kier molecular flexibility index (Phi) is 5.62. The zero-order chi connectivity index (χ0) is 15.5. The van der Waals surface area contributed by atoms with Crippen LogP contribution < -0.4 is 15.4 Å².